The van der Waals surface area contributed by atoms with Gasteiger partial charge in [0.2, 0.25) is 0 Å². The summed E-state index contributed by atoms with van der Waals surface area (Å²) in [6, 6.07) is 5.34. The summed E-state index contributed by atoms with van der Waals surface area (Å²) in [7, 11) is 0. The van der Waals surface area contributed by atoms with Crippen LogP contribution >= 0.6 is 0 Å². The Bertz CT molecular complexity index is 391. The van der Waals surface area contributed by atoms with Gasteiger partial charge in [0.15, 0.2) is 0 Å². The summed E-state index contributed by atoms with van der Waals surface area (Å²) in [6.07, 6.45) is 2.16. The second kappa shape index (κ2) is 5.02. The summed E-state index contributed by atoms with van der Waals surface area (Å²) in [5.74, 6) is -0.250. The highest BCUT2D eigenvalue weighted by Gasteiger charge is 2.30. The lowest BCUT2D eigenvalue weighted by Crippen LogP contribution is -2.29. The molecule has 4 heteroatoms. The maximum absolute atomic E-state index is 14.0. The van der Waals surface area contributed by atoms with E-state index in [9.17, 15) is 4.39 Å². The van der Waals surface area contributed by atoms with Crippen molar-refractivity contribution in [1.82, 2.24) is 0 Å². The van der Waals surface area contributed by atoms with Crippen molar-refractivity contribution in [1.29, 1.82) is 0 Å². The van der Waals surface area contributed by atoms with Crippen molar-refractivity contribution in [2.24, 2.45) is 5.73 Å². The molecule has 3 nitrogen and oxygen atoms in total. The van der Waals surface area contributed by atoms with Crippen molar-refractivity contribution in [3.8, 4) is 0 Å². The van der Waals surface area contributed by atoms with Crippen molar-refractivity contribution >= 4 is 5.69 Å². The number of nitrogens with two attached hydrogens (primary N) is 1. The van der Waals surface area contributed by atoms with Crippen LogP contribution in [0, 0.1) is 5.82 Å². The quantitative estimate of drug-likeness (QED) is 0.822. The summed E-state index contributed by atoms with van der Waals surface area (Å²) >= 11 is 0. The van der Waals surface area contributed by atoms with Crippen LogP contribution in [0.2, 0.25) is 0 Å². The summed E-state index contributed by atoms with van der Waals surface area (Å²) in [4.78, 5) is 1.94. The zero-order valence-corrected chi connectivity index (χ0v) is 10.1. The van der Waals surface area contributed by atoms with Gasteiger partial charge in [-0.15, -0.1) is 0 Å². The number of halogens is 1. The first-order chi connectivity index (χ1) is 8.13. The summed E-state index contributed by atoms with van der Waals surface area (Å²) in [6.45, 7) is 2.37. The number of aliphatic hydroxyl groups excluding tert-OH is 1. The third-order valence-electron chi connectivity index (χ3n) is 3.14. The topological polar surface area (TPSA) is 49.5 Å². The lowest BCUT2D eigenvalue weighted by atomic mass is 10.1. The fourth-order valence-corrected chi connectivity index (χ4v) is 2.03. The molecule has 1 aromatic rings. The Morgan fingerprint density at radius 2 is 2.24 bits per heavy atom. The van der Waals surface area contributed by atoms with Gasteiger partial charge < -0.3 is 15.7 Å². The van der Waals surface area contributed by atoms with Crippen molar-refractivity contribution in [3.05, 3.63) is 29.6 Å². The Labute approximate surface area is 101 Å². The van der Waals surface area contributed by atoms with Crippen LogP contribution in [-0.2, 0) is 0 Å². The fraction of sp³-hybridized carbons (Fsp3) is 0.538. The van der Waals surface area contributed by atoms with Gasteiger partial charge >= 0.3 is 0 Å². The molecule has 1 aliphatic rings. The van der Waals surface area contributed by atoms with E-state index < -0.39 is 0 Å². The molecule has 94 valence electrons. The van der Waals surface area contributed by atoms with Gasteiger partial charge in [0.05, 0.1) is 12.3 Å². The molecule has 1 saturated carbocycles. The molecule has 1 aromatic carbocycles. The molecule has 0 saturated heterocycles. The maximum Gasteiger partial charge on any atom is 0.146 e. The highest BCUT2D eigenvalue weighted by molar-refractivity contribution is 5.51. The average Bonchev–Trinajstić information content (AvgIpc) is 3.10. The van der Waals surface area contributed by atoms with Crippen molar-refractivity contribution in [2.45, 2.75) is 31.8 Å². The average molecular weight is 238 g/mol. The molecule has 0 aromatic heterocycles. The molecule has 0 amide bonds. The molecule has 17 heavy (non-hydrogen) atoms. The number of nitrogens with zero attached hydrogens (tertiary/aromatic N) is 1. The van der Waals surface area contributed by atoms with Crippen LogP contribution < -0.4 is 10.6 Å². The van der Waals surface area contributed by atoms with Crippen LogP contribution in [0.4, 0.5) is 10.1 Å². The van der Waals surface area contributed by atoms with Gasteiger partial charge in [0.1, 0.15) is 5.82 Å². The largest absolute Gasteiger partial charge is 0.395 e. The van der Waals surface area contributed by atoms with E-state index in [-0.39, 0.29) is 18.5 Å². The summed E-state index contributed by atoms with van der Waals surface area (Å²) < 4.78 is 14.0. The molecule has 1 fully saturated rings. The van der Waals surface area contributed by atoms with Gasteiger partial charge in [0.25, 0.3) is 0 Å². The second-order valence-corrected chi connectivity index (χ2v) is 4.65. The molecular formula is C13H19FN2O. The van der Waals surface area contributed by atoms with E-state index in [1.807, 2.05) is 17.9 Å². The second-order valence-electron chi connectivity index (χ2n) is 4.65. The van der Waals surface area contributed by atoms with E-state index in [4.69, 9.17) is 10.8 Å². The van der Waals surface area contributed by atoms with Gasteiger partial charge in [-0.05, 0) is 37.5 Å². The minimum Gasteiger partial charge on any atom is -0.395 e. The normalized spacial score (nSPS) is 16.9. The van der Waals surface area contributed by atoms with Crippen molar-refractivity contribution in [2.75, 3.05) is 18.1 Å². The number of benzene rings is 1. The van der Waals surface area contributed by atoms with E-state index in [0.29, 0.717) is 18.3 Å². The molecule has 0 radical (unpaired) electrons. The molecule has 2 rings (SSSR count). The Balaban J connectivity index is 2.24. The van der Waals surface area contributed by atoms with E-state index in [1.54, 1.807) is 6.07 Å². The Morgan fingerprint density at radius 3 is 2.71 bits per heavy atom. The van der Waals surface area contributed by atoms with Crippen LogP contribution in [-0.4, -0.2) is 24.3 Å². The molecule has 0 unspecified atom stereocenters. The minimum absolute atomic E-state index is 0.0466. The molecule has 1 aliphatic carbocycles. The summed E-state index contributed by atoms with van der Waals surface area (Å²) in [5.41, 5.74) is 7.09. The first-order valence-electron chi connectivity index (χ1n) is 6.06. The van der Waals surface area contributed by atoms with E-state index >= 15 is 0 Å². The monoisotopic (exact) mass is 238 g/mol. The number of hydrogen-bond donors (Lipinski definition) is 2. The van der Waals surface area contributed by atoms with Gasteiger partial charge in [-0.2, -0.15) is 0 Å². The predicted octanol–water partition coefficient (Wildman–Crippen LogP) is 1.81. The standard InChI is InChI=1S/C13H19FN2O/c1-9(15)10-2-5-13(12(14)8-10)16(6-7-17)11-3-4-11/h2,5,8-9,11,17H,3-4,6-7,15H2,1H3/t9-/m0/s1. The highest BCUT2D eigenvalue weighted by atomic mass is 19.1. The molecule has 0 bridgehead atoms. The molecule has 3 N–H and O–H groups in total. The zero-order chi connectivity index (χ0) is 12.4. The molecule has 0 spiro atoms. The van der Waals surface area contributed by atoms with Gasteiger partial charge in [-0.25, -0.2) is 4.39 Å². The van der Waals surface area contributed by atoms with Crippen LogP contribution in [0.15, 0.2) is 18.2 Å². The lowest BCUT2D eigenvalue weighted by molar-refractivity contribution is 0.301. The number of aliphatic hydroxyl groups is 1. The highest BCUT2D eigenvalue weighted by Crippen LogP contribution is 2.33. The van der Waals surface area contributed by atoms with Gasteiger partial charge in [-0.3, -0.25) is 0 Å². The van der Waals surface area contributed by atoms with E-state index in [1.165, 1.54) is 6.07 Å². The van der Waals surface area contributed by atoms with Crippen LogP contribution in [0.25, 0.3) is 0 Å². The van der Waals surface area contributed by atoms with Crippen LogP contribution in [0.1, 0.15) is 31.4 Å². The molecule has 0 aliphatic heterocycles. The van der Waals surface area contributed by atoms with Crippen LogP contribution in [0.5, 0.6) is 0 Å². The first kappa shape index (κ1) is 12.3. The number of anilines is 1. The third-order valence-corrected chi connectivity index (χ3v) is 3.14. The first-order valence-corrected chi connectivity index (χ1v) is 6.06. The number of hydrogen-bond acceptors (Lipinski definition) is 3. The minimum atomic E-state index is -0.250. The summed E-state index contributed by atoms with van der Waals surface area (Å²) in [5, 5.41) is 9.02. The lowest BCUT2D eigenvalue weighted by Gasteiger charge is -2.24. The smallest absolute Gasteiger partial charge is 0.146 e. The molecular weight excluding hydrogens is 219 g/mol. The van der Waals surface area contributed by atoms with Gasteiger partial charge in [0, 0.05) is 18.6 Å². The Kier molecular flexibility index (Phi) is 3.64. The Morgan fingerprint density at radius 1 is 1.53 bits per heavy atom. The van der Waals surface area contributed by atoms with Crippen LogP contribution in [0.3, 0.4) is 0 Å². The van der Waals surface area contributed by atoms with E-state index in [0.717, 1.165) is 18.4 Å². The van der Waals surface area contributed by atoms with E-state index in [2.05, 4.69) is 0 Å². The fourth-order valence-electron chi connectivity index (χ4n) is 2.03. The Hall–Kier alpha value is -1.13. The SMILES string of the molecule is C[C@H](N)c1ccc(N(CCO)C2CC2)c(F)c1. The van der Waals surface area contributed by atoms with Crippen molar-refractivity contribution in [3.63, 3.8) is 0 Å². The predicted molar refractivity (Wildman–Crippen MR) is 66.5 cm³/mol. The maximum atomic E-state index is 14.0. The number of rotatable bonds is 5. The molecule has 0 heterocycles. The third kappa shape index (κ3) is 2.76. The molecule has 1 atom stereocenters. The van der Waals surface area contributed by atoms with Crippen molar-refractivity contribution < 1.29 is 9.50 Å². The van der Waals surface area contributed by atoms with Gasteiger partial charge in [-0.1, -0.05) is 6.07 Å². The zero-order valence-electron chi connectivity index (χ0n) is 10.1.